The summed E-state index contributed by atoms with van der Waals surface area (Å²) in [6.45, 7) is 3.85. The zero-order valence-corrected chi connectivity index (χ0v) is 15.9. The minimum atomic E-state index is -0.364. The van der Waals surface area contributed by atoms with Gasteiger partial charge in [0.1, 0.15) is 11.3 Å². The van der Waals surface area contributed by atoms with Gasteiger partial charge in [-0.3, -0.25) is 4.79 Å². The first-order chi connectivity index (χ1) is 12.9. The van der Waals surface area contributed by atoms with E-state index in [2.05, 4.69) is 10.6 Å². The van der Waals surface area contributed by atoms with Crippen molar-refractivity contribution in [2.24, 2.45) is 0 Å². The first-order valence-electron chi connectivity index (χ1n) is 8.74. The molecule has 6 heteroatoms. The summed E-state index contributed by atoms with van der Waals surface area (Å²) in [4.78, 5) is 25.9. The van der Waals surface area contributed by atoms with Crippen molar-refractivity contribution in [3.8, 4) is 0 Å². The van der Waals surface area contributed by atoms with E-state index in [1.807, 2.05) is 38.1 Å². The highest BCUT2D eigenvalue weighted by Gasteiger charge is 2.18. The van der Waals surface area contributed by atoms with Crippen molar-refractivity contribution in [2.45, 2.75) is 19.9 Å². The zero-order chi connectivity index (χ0) is 19.6. The number of hydrogen-bond donors (Lipinski definition) is 2. The molecule has 2 N–H and O–H groups in total. The van der Waals surface area contributed by atoms with Gasteiger partial charge in [0.05, 0.1) is 6.04 Å². The van der Waals surface area contributed by atoms with Gasteiger partial charge in [-0.05, 0) is 38.1 Å². The second-order valence-electron chi connectivity index (χ2n) is 6.69. The Bertz CT molecular complexity index is 991. The van der Waals surface area contributed by atoms with E-state index in [1.54, 1.807) is 38.4 Å². The van der Waals surface area contributed by atoms with Gasteiger partial charge in [0, 0.05) is 36.3 Å². The molecule has 3 rings (SSSR count). The summed E-state index contributed by atoms with van der Waals surface area (Å²) in [6.07, 6.45) is 0. The molecule has 3 aromatic rings. The average Bonchev–Trinajstić information content (AvgIpc) is 2.98. The number of fused-ring (bicyclic) bond motifs is 1. The first-order valence-corrected chi connectivity index (χ1v) is 8.74. The quantitative estimate of drug-likeness (QED) is 0.723. The van der Waals surface area contributed by atoms with Crippen LogP contribution in [0, 0.1) is 6.92 Å². The predicted octanol–water partition coefficient (Wildman–Crippen LogP) is 4.33. The number of urea groups is 1. The van der Waals surface area contributed by atoms with Crippen molar-refractivity contribution in [3.63, 3.8) is 0 Å². The van der Waals surface area contributed by atoms with Gasteiger partial charge < -0.3 is 20.0 Å². The number of furan rings is 1. The fraction of sp³-hybridized carbons (Fsp3) is 0.238. The number of carbonyl (C=O) groups is 2. The molecule has 0 aliphatic heterocycles. The van der Waals surface area contributed by atoms with Crippen molar-refractivity contribution in [3.05, 3.63) is 65.4 Å². The summed E-state index contributed by atoms with van der Waals surface area (Å²) < 4.78 is 5.90. The van der Waals surface area contributed by atoms with Crippen LogP contribution >= 0.6 is 0 Å². The number of amides is 3. The minimum Gasteiger partial charge on any atom is -0.459 e. The second kappa shape index (κ2) is 7.53. The Hall–Kier alpha value is -3.28. The lowest BCUT2D eigenvalue weighted by Gasteiger charge is -2.15. The van der Waals surface area contributed by atoms with E-state index in [0.29, 0.717) is 11.3 Å². The van der Waals surface area contributed by atoms with E-state index in [4.69, 9.17) is 4.42 Å². The molecular formula is C21H23N3O3. The fourth-order valence-electron chi connectivity index (χ4n) is 3.02. The Morgan fingerprint density at radius 1 is 1.07 bits per heavy atom. The summed E-state index contributed by atoms with van der Waals surface area (Å²) in [7, 11) is 3.37. The van der Waals surface area contributed by atoms with Crippen LogP contribution in [0.25, 0.3) is 11.0 Å². The molecule has 1 unspecified atom stereocenters. The maximum Gasteiger partial charge on any atom is 0.319 e. The number of benzene rings is 2. The molecule has 1 atom stereocenters. The molecule has 0 radical (unpaired) electrons. The third kappa shape index (κ3) is 3.95. The van der Waals surface area contributed by atoms with E-state index in [9.17, 15) is 9.59 Å². The number of anilines is 1. The van der Waals surface area contributed by atoms with Crippen LogP contribution < -0.4 is 10.6 Å². The molecule has 0 spiro atoms. The van der Waals surface area contributed by atoms with E-state index >= 15 is 0 Å². The van der Waals surface area contributed by atoms with Gasteiger partial charge in [-0.25, -0.2) is 4.79 Å². The van der Waals surface area contributed by atoms with Crippen molar-refractivity contribution < 1.29 is 14.0 Å². The molecule has 0 saturated carbocycles. The number of hydrogen-bond acceptors (Lipinski definition) is 3. The highest BCUT2D eigenvalue weighted by molar-refractivity contribution is 5.96. The lowest BCUT2D eigenvalue weighted by molar-refractivity contribution is 0.0827. The third-order valence-electron chi connectivity index (χ3n) is 4.40. The fourth-order valence-corrected chi connectivity index (χ4v) is 3.02. The summed E-state index contributed by atoms with van der Waals surface area (Å²) in [5.41, 5.74) is 2.87. The number of nitrogens with zero attached hydrogens (tertiary/aromatic N) is 1. The Morgan fingerprint density at radius 2 is 1.81 bits per heavy atom. The van der Waals surface area contributed by atoms with Crippen molar-refractivity contribution >= 4 is 28.6 Å². The lowest BCUT2D eigenvalue weighted by atomic mass is 10.1. The number of aryl methyl sites for hydroxylation is 1. The molecule has 0 aliphatic carbocycles. The largest absolute Gasteiger partial charge is 0.459 e. The highest BCUT2D eigenvalue weighted by atomic mass is 16.3. The lowest BCUT2D eigenvalue weighted by Crippen LogP contribution is -2.31. The van der Waals surface area contributed by atoms with Crippen molar-refractivity contribution in [1.29, 1.82) is 0 Å². The molecule has 3 amide bonds. The summed E-state index contributed by atoms with van der Waals surface area (Å²) in [5, 5.41) is 6.68. The summed E-state index contributed by atoms with van der Waals surface area (Å²) >= 11 is 0. The molecule has 2 aromatic carbocycles. The van der Waals surface area contributed by atoms with Gasteiger partial charge in [0.15, 0.2) is 0 Å². The van der Waals surface area contributed by atoms with Crippen LogP contribution in [-0.2, 0) is 0 Å². The van der Waals surface area contributed by atoms with Crippen LogP contribution in [0.4, 0.5) is 10.5 Å². The maximum atomic E-state index is 12.4. The molecule has 0 saturated heterocycles. The van der Waals surface area contributed by atoms with Gasteiger partial charge in [-0.15, -0.1) is 0 Å². The topological polar surface area (TPSA) is 74.6 Å². The molecule has 1 heterocycles. The maximum absolute atomic E-state index is 12.4. The summed E-state index contributed by atoms with van der Waals surface area (Å²) in [5.74, 6) is 0.605. The Balaban J connectivity index is 1.71. The molecular weight excluding hydrogens is 342 g/mol. The van der Waals surface area contributed by atoms with Crippen LogP contribution in [0.1, 0.15) is 34.6 Å². The Morgan fingerprint density at radius 3 is 2.52 bits per heavy atom. The second-order valence-corrected chi connectivity index (χ2v) is 6.69. The molecule has 0 aliphatic rings. The van der Waals surface area contributed by atoms with Gasteiger partial charge in [0.2, 0.25) is 0 Å². The molecule has 1 aromatic heterocycles. The van der Waals surface area contributed by atoms with Gasteiger partial charge in [-0.1, -0.05) is 24.3 Å². The highest BCUT2D eigenvalue weighted by Crippen LogP contribution is 2.29. The standard InChI is InChI=1S/C21H23N3O3/c1-13-17-10-5-6-11-18(17)27-19(13)14(2)22-21(26)23-16-9-7-8-15(12-16)20(25)24(3)4/h5-12,14H,1-4H3,(H2,22,23,26). The van der Waals surface area contributed by atoms with Crippen LogP contribution in [0.2, 0.25) is 0 Å². The first kappa shape index (κ1) is 18.5. The van der Waals surface area contributed by atoms with Crippen LogP contribution in [0.15, 0.2) is 52.9 Å². The molecule has 140 valence electrons. The molecule has 27 heavy (non-hydrogen) atoms. The van der Waals surface area contributed by atoms with E-state index in [0.717, 1.165) is 22.3 Å². The van der Waals surface area contributed by atoms with Crippen molar-refractivity contribution in [1.82, 2.24) is 10.2 Å². The average molecular weight is 365 g/mol. The molecule has 0 bridgehead atoms. The smallest absolute Gasteiger partial charge is 0.319 e. The van der Waals surface area contributed by atoms with Crippen LogP contribution in [0.3, 0.4) is 0 Å². The minimum absolute atomic E-state index is 0.120. The summed E-state index contributed by atoms with van der Waals surface area (Å²) in [6, 6.07) is 14.0. The monoisotopic (exact) mass is 365 g/mol. The van der Waals surface area contributed by atoms with Crippen LogP contribution in [-0.4, -0.2) is 30.9 Å². The van der Waals surface area contributed by atoms with Gasteiger partial charge in [-0.2, -0.15) is 0 Å². The SMILES string of the molecule is Cc1c(C(C)NC(=O)Nc2cccc(C(=O)N(C)C)c2)oc2ccccc12. The number of carbonyl (C=O) groups excluding carboxylic acids is 2. The normalized spacial score (nSPS) is 11.9. The third-order valence-corrected chi connectivity index (χ3v) is 4.40. The Labute approximate surface area is 158 Å². The van der Waals surface area contributed by atoms with Gasteiger partial charge in [0.25, 0.3) is 5.91 Å². The predicted molar refractivity (Wildman–Crippen MR) is 106 cm³/mol. The van der Waals surface area contributed by atoms with Crippen LogP contribution in [0.5, 0.6) is 0 Å². The molecule has 6 nitrogen and oxygen atoms in total. The Kier molecular flexibility index (Phi) is 5.16. The van der Waals surface area contributed by atoms with E-state index in [1.165, 1.54) is 4.90 Å². The van der Waals surface area contributed by atoms with Crippen molar-refractivity contribution in [2.75, 3.05) is 19.4 Å². The van der Waals surface area contributed by atoms with E-state index in [-0.39, 0.29) is 18.0 Å². The number of rotatable bonds is 4. The molecule has 0 fully saturated rings. The van der Waals surface area contributed by atoms with Gasteiger partial charge >= 0.3 is 6.03 Å². The zero-order valence-electron chi connectivity index (χ0n) is 15.9. The van der Waals surface area contributed by atoms with E-state index < -0.39 is 0 Å². The number of para-hydroxylation sites is 1. The number of nitrogens with one attached hydrogen (secondary N) is 2.